The quantitative estimate of drug-likeness (QED) is 0.338. The lowest BCUT2D eigenvalue weighted by Gasteiger charge is -2.13. The van der Waals surface area contributed by atoms with Crippen molar-refractivity contribution in [2.75, 3.05) is 17.7 Å². The molecule has 0 aliphatic carbocycles. The number of aromatic amines is 1. The third-order valence-electron chi connectivity index (χ3n) is 4.81. The number of amides is 1. The van der Waals surface area contributed by atoms with Crippen LogP contribution in [0.1, 0.15) is 42.6 Å². The van der Waals surface area contributed by atoms with Crippen LogP contribution in [0.25, 0.3) is 11.0 Å². The summed E-state index contributed by atoms with van der Waals surface area (Å²) in [6.07, 6.45) is 3.38. The van der Waals surface area contributed by atoms with Gasteiger partial charge < -0.3 is 10.1 Å². The second-order valence-corrected chi connectivity index (χ2v) is 7.97. The van der Waals surface area contributed by atoms with E-state index < -0.39 is 0 Å². The molecule has 1 unspecified atom stereocenters. The van der Waals surface area contributed by atoms with Gasteiger partial charge in [-0.15, -0.1) is 0 Å². The van der Waals surface area contributed by atoms with Crippen molar-refractivity contribution < 1.29 is 14.3 Å². The Hall–Kier alpha value is -3.14. The van der Waals surface area contributed by atoms with Gasteiger partial charge in [0.15, 0.2) is 10.8 Å². The molecule has 30 heavy (non-hydrogen) atoms. The second-order valence-electron chi connectivity index (χ2n) is 6.99. The van der Waals surface area contributed by atoms with Gasteiger partial charge in [-0.1, -0.05) is 25.1 Å². The predicted molar refractivity (Wildman–Crippen MR) is 113 cm³/mol. The summed E-state index contributed by atoms with van der Waals surface area (Å²) in [5.74, 6) is 0.00220. The number of esters is 1. The van der Waals surface area contributed by atoms with E-state index in [0.29, 0.717) is 39.8 Å². The van der Waals surface area contributed by atoms with Gasteiger partial charge in [-0.3, -0.25) is 19.3 Å². The van der Waals surface area contributed by atoms with Crippen LogP contribution in [0.4, 0.5) is 5.69 Å². The van der Waals surface area contributed by atoms with Gasteiger partial charge in [0.25, 0.3) is 5.56 Å². The fourth-order valence-corrected chi connectivity index (χ4v) is 4.35. The first-order valence-corrected chi connectivity index (χ1v) is 10.7. The van der Waals surface area contributed by atoms with Crippen LogP contribution >= 0.6 is 11.8 Å². The van der Waals surface area contributed by atoms with Crippen molar-refractivity contribution in [3.8, 4) is 0 Å². The topological polar surface area (TPSA) is 119 Å². The number of rotatable bonds is 7. The average Bonchev–Trinajstić information content (AvgIpc) is 3.36. The second kappa shape index (κ2) is 8.70. The molecule has 0 radical (unpaired) electrons. The SMILES string of the molecule is CCCCOC(=O)c1ccc(NC(=O)CC2CSc3nc4[nH]ncc4c(=O)n32)cc1. The summed E-state index contributed by atoms with van der Waals surface area (Å²) in [5.41, 5.74) is 1.27. The van der Waals surface area contributed by atoms with Crippen LogP contribution < -0.4 is 10.9 Å². The lowest BCUT2D eigenvalue weighted by molar-refractivity contribution is -0.116. The number of H-pyrrole nitrogens is 1. The number of carbonyl (C=O) groups excluding carboxylic acids is 2. The van der Waals surface area contributed by atoms with Crippen molar-refractivity contribution in [1.82, 2.24) is 19.7 Å². The summed E-state index contributed by atoms with van der Waals surface area (Å²) in [5, 5.41) is 10.4. The number of aromatic nitrogens is 4. The summed E-state index contributed by atoms with van der Waals surface area (Å²) < 4.78 is 6.74. The molecule has 0 spiro atoms. The molecule has 1 aromatic carbocycles. The highest BCUT2D eigenvalue weighted by molar-refractivity contribution is 7.99. The molecule has 2 aromatic heterocycles. The van der Waals surface area contributed by atoms with E-state index in [1.54, 1.807) is 28.8 Å². The third-order valence-corrected chi connectivity index (χ3v) is 5.91. The monoisotopic (exact) mass is 427 g/mol. The molecule has 1 atom stereocenters. The summed E-state index contributed by atoms with van der Waals surface area (Å²) in [7, 11) is 0. The van der Waals surface area contributed by atoms with Crippen molar-refractivity contribution >= 4 is 40.4 Å². The Balaban J connectivity index is 1.39. The molecule has 0 saturated heterocycles. The van der Waals surface area contributed by atoms with Crippen LogP contribution in [0.15, 0.2) is 40.4 Å². The molecule has 156 valence electrons. The van der Waals surface area contributed by atoms with E-state index in [1.165, 1.54) is 18.0 Å². The minimum absolute atomic E-state index is 0.145. The van der Waals surface area contributed by atoms with Crippen LogP contribution in [0.5, 0.6) is 0 Å². The molecule has 4 rings (SSSR count). The minimum Gasteiger partial charge on any atom is -0.462 e. The lowest BCUT2D eigenvalue weighted by atomic mass is 10.2. The molecule has 2 N–H and O–H groups in total. The van der Waals surface area contributed by atoms with Gasteiger partial charge >= 0.3 is 5.97 Å². The van der Waals surface area contributed by atoms with Crippen LogP contribution in [-0.2, 0) is 9.53 Å². The standard InChI is InChI=1S/C20H21N5O4S/c1-2-3-8-29-19(28)12-4-6-13(7-5-12)22-16(26)9-14-11-30-20-23-17-15(10-21-24-17)18(27)25(14)20/h4-7,10,14H,2-3,8-9,11H2,1H3,(H,21,24)(H,22,26). The normalized spacial score (nSPS) is 15.2. The number of hydrogen-bond donors (Lipinski definition) is 2. The summed E-state index contributed by atoms with van der Waals surface area (Å²) in [6, 6.07) is 6.28. The van der Waals surface area contributed by atoms with Crippen molar-refractivity contribution in [3.63, 3.8) is 0 Å². The summed E-state index contributed by atoms with van der Waals surface area (Å²) in [4.78, 5) is 41.6. The van der Waals surface area contributed by atoms with Gasteiger partial charge in [-0.05, 0) is 30.7 Å². The molecule has 0 fully saturated rings. The van der Waals surface area contributed by atoms with E-state index in [2.05, 4.69) is 20.5 Å². The molecule has 9 nitrogen and oxygen atoms in total. The van der Waals surface area contributed by atoms with Crippen molar-refractivity contribution in [2.24, 2.45) is 0 Å². The van der Waals surface area contributed by atoms with E-state index in [-0.39, 0.29) is 29.9 Å². The molecule has 0 bridgehead atoms. The number of benzene rings is 1. The number of nitrogens with one attached hydrogen (secondary N) is 2. The average molecular weight is 427 g/mol. The number of carbonyl (C=O) groups is 2. The predicted octanol–water partition coefficient (Wildman–Crippen LogP) is 2.75. The Bertz CT molecular complexity index is 1140. The Morgan fingerprint density at radius 2 is 2.13 bits per heavy atom. The fraction of sp³-hybridized carbons (Fsp3) is 0.350. The maximum atomic E-state index is 12.7. The molecule has 3 aromatic rings. The van der Waals surface area contributed by atoms with Crippen molar-refractivity contribution in [2.45, 2.75) is 37.4 Å². The Labute approximate surface area is 176 Å². The zero-order chi connectivity index (χ0) is 21.1. The molecular formula is C20H21N5O4S. The largest absolute Gasteiger partial charge is 0.462 e. The number of fused-ring (bicyclic) bond motifs is 2. The number of ether oxygens (including phenoxy) is 1. The fourth-order valence-electron chi connectivity index (χ4n) is 3.21. The van der Waals surface area contributed by atoms with Crippen LogP contribution in [0, 0.1) is 0 Å². The maximum Gasteiger partial charge on any atom is 0.338 e. The highest BCUT2D eigenvalue weighted by atomic mass is 32.2. The first-order valence-electron chi connectivity index (χ1n) is 9.72. The van der Waals surface area contributed by atoms with Crippen molar-refractivity contribution in [1.29, 1.82) is 0 Å². The summed E-state index contributed by atoms with van der Waals surface area (Å²) >= 11 is 1.44. The Kier molecular flexibility index (Phi) is 5.84. The minimum atomic E-state index is -0.377. The molecule has 10 heteroatoms. The molecule has 1 amide bonds. The molecular weight excluding hydrogens is 406 g/mol. The molecule has 1 aliphatic rings. The Morgan fingerprint density at radius 1 is 1.33 bits per heavy atom. The number of nitrogens with zero attached hydrogens (tertiary/aromatic N) is 3. The van der Waals surface area contributed by atoms with Crippen molar-refractivity contribution in [3.05, 3.63) is 46.4 Å². The van der Waals surface area contributed by atoms with E-state index in [9.17, 15) is 14.4 Å². The van der Waals surface area contributed by atoms with Gasteiger partial charge in [0.2, 0.25) is 5.91 Å². The number of unbranched alkanes of at least 4 members (excludes halogenated alkanes) is 1. The van der Waals surface area contributed by atoms with Gasteiger partial charge in [-0.2, -0.15) is 5.10 Å². The number of anilines is 1. The Morgan fingerprint density at radius 3 is 2.90 bits per heavy atom. The molecule has 0 saturated carbocycles. The smallest absolute Gasteiger partial charge is 0.338 e. The molecule has 3 heterocycles. The van der Waals surface area contributed by atoms with Gasteiger partial charge in [-0.25, -0.2) is 9.78 Å². The molecule has 1 aliphatic heterocycles. The maximum absolute atomic E-state index is 12.7. The first kappa shape index (κ1) is 20.1. The lowest BCUT2D eigenvalue weighted by Crippen LogP contribution is -2.27. The number of thioether (sulfide) groups is 1. The van der Waals surface area contributed by atoms with Gasteiger partial charge in [0.1, 0.15) is 5.39 Å². The van der Waals surface area contributed by atoms with E-state index in [1.807, 2.05) is 6.92 Å². The van der Waals surface area contributed by atoms with Gasteiger partial charge in [0, 0.05) is 17.9 Å². The van der Waals surface area contributed by atoms with E-state index in [0.717, 1.165) is 12.8 Å². The highest BCUT2D eigenvalue weighted by Crippen LogP contribution is 2.33. The van der Waals surface area contributed by atoms with Crippen LogP contribution in [0.3, 0.4) is 0 Å². The van der Waals surface area contributed by atoms with E-state index >= 15 is 0 Å². The number of hydrogen-bond acceptors (Lipinski definition) is 7. The first-order chi connectivity index (χ1) is 14.6. The van der Waals surface area contributed by atoms with Crippen LogP contribution in [-0.4, -0.2) is 44.0 Å². The van der Waals surface area contributed by atoms with E-state index in [4.69, 9.17) is 4.74 Å². The third kappa shape index (κ3) is 4.09. The summed E-state index contributed by atoms with van der Waals surface area (Å²) in [6.45, 7) is 2.42. The zero-order valence-corrected chi connectivity index (χ0v) is 17.2. The highest BCUT2D eigenvalue weighted by Gasteiger charge is 2.28. The zero-order valence-electron chi connectivity index (χ0n) is 16.4. The van der Waals surface area contributed by atoms with Crippen LogP contribution in [0.2, 0.25) is 0 Å². The van der Waals surface area contributed by atoms with Gasteiger partial charge in [0.05, 0.1) is 24.4 Å².